The summed E-state index contributed by atoms with van der Waals surface area (Å²) in [7, 11) is 0. The molecule has 2 aromatic rings. The van der Waals surface area contributed by atoms with Crippen LogP contribution in [-0.2, 0) is 13.0 Å². The number of carbonyl (C=O) groups is 1. The van der Waals surface area contributed by atoms with Crippen LogP contribution in [0.1, 0.15) is 60.0 Å². The second-order valence-electron chi connectivity index (χ2n) is 6.73. The lowest BCUT2D eigenvalue weighted by molar-refractivity contribution is 0.0919. The van der Waals surface area contributed by atoms with Gasteiger partial charge in [-0.1, -0.05) is 38.1 Å². The van der Waals surface area contributed by atoms with Gasteiger partial charge in [-0.2, -0.15) is 0 Å². The largest absolute Gasteiger partial charge is 0.455 e. The Kier molecular flexibility index (Phi) is 5.92. The molecule has 1 aromatic heterocycles. The fourth-order valence-electron chi connectivity index (χ4n) is 3.62. The number of fused-ring (bicyclic) bond motifs is 1. The van der Waals surface area contributed by atoms with E-state index in [1.807, 2.05) is 6.07 Å². The third kappa shape index (κ3) is 4.31. The van der Waals surface area contributed by atoms with Crippen LogP contribution in [0.3, 0.4) is 0 Å². The minimum atomic E-state index is -0.117. The van der Waals surface area contributed by atoms with Crippen molar-refractivity contribution in [2.75, 3.05) is 19.6 Å². The van der Waals surface area contributed by atoms with Crippen molar-refractivity contribution in [3.8, 4) is 0 Å². The molecule has 0 aliphatic heterocycles. The van der Waals surface area contributed by atoms with Crippen LogP contribution in [0.5, 0.6) is 0 Å². The number of carbonyl (C=O) groups excluding carboxylic acids is 1. The highest BCUT2D eigenvalue weighted by Crippen LogP contribution is 2.30. The quantitative estimate of drug-likeness (QED) is 0.829. The van der Waals surface area contributed by atoms with Crippen LogP contribution < -0.4 is 5.32 Å². The molecule has 4 nitrogen and oxygen atoms in total. The number of furan rings is 1. The van der Waals surface area contributed by atoms with E-state index < -0.39 is 0 Å². The molecule has 4 heteroatoms. The predicted molar refractivity (Wildman–Crippen MR) is 99.8 cm³/mol. The number of hydrogen-bond acceptors (Lipinski definition) is 3. The average Bonchev–Trinajstić information content (AvgIpc) is 3.12. The Hall–Kier alpha value is -2.07. The molecular weight excluding hydrogens is 312 g/mol. The molecule has 0 saturated carbocycles. The standard InChI is InChI=1S/C21H28N2O2/c1-3-23(4-2)15-18-12-13-20(25-18)21(24)22-14-17-10-7-9-16-8-5-6-11-19(16)17/h5-6,8,11-13,17H,3-4,7,9-10,14-15H2,1-2H3,(H,22,24)/t17-/m1/s1. The Bertz CT molecular complexity index is 703. The molecule has 0 fully saturated rings. The normalized spacial score (nSPS) is 16.7. The molecule has 1 aromatic carbocycles. The molecule has 25 heavy (non-hydrogen) atoms. The summed E-state index contributed by atoms with van der Waals surface area (Å²) in [6.45, 7) is 7.61. The van der Waals surface area contributed by atoms with Gasteiger partial charge in [-0.3, -0.25) is 9.69 Å². The zero-order chi connectivity index (χ0) is 17.6. The van der Waals surface area contributed by atoms with Gasteiger partial charge in [0.2, 0.25) is 0 Å². The first-order valence-corrected chi connectivity index (χ1v) is 9.38. The summed E-state index contributed by atoms with van der Waals surface area (Å²) in [5.74, 6) is 1.54. The van der Waals surface area contributed by atoms with Gasteiger partial charge >= 0.3 is 0 Å². The van der Waals surface area contributed by atoms with E-state index in [-0.39, 0.29) is 5.91 Å². The molecule has 0 spiro atoms. The van der Waals surface area contributed by atoms with Gasteiger partial charge in [0, 0.05) is 12.5 Å². The Morgan fingerprint density at radius 1 is 1.20 bits per heavy atom. The second kappa shape index (κ2) is 8.34. The van der Waals surface area contributed by atoms with Crippen LogP contribution in [-0.4, -0.2) is 30.4 Å². The maximum atomic E-state index is 12.4. The van der Waals surface area contributed by atoms with Crippen LogP contribution in [0.15, 0.2) is 40.8 Å². The van der Waals surface area contributed by atoms with Crippen molar-refractivity contribution in [2.45, 2.75) is 45.6 Å². The Balaban J connectivity index is 1.58. The van der Waals surface area contributed by atoms with E-state index in [1.165, 1.54) is 17.5 Å². The van der Waals surface area contributed by atoms with Crippen LogP contribution in [0.2, 0.25) is 0 Å². The van der Waals surface area contributed by atoms with Crippen LogP contribution in [0.4, 0.5) is 0 Å². The smallest absolute Gasteiger partial charge is 0.287 e. The molecule has 1 aliphatic rings. The van der Waals surface area contributed by atoms with E-state index >= 15 is 0 Å². The molecule has 1 N–H and O–H groups in total. The van der Waals surface area contributed by atoms with Crippen LogP contribution in [0.25, 0.3) is 0 Å². The number of hydrogen-bond donors (Lipinski definition) is 1. The van der Waals surface area contributed by atoms with Crippen molar-refractivity contribution in [1.29, 1.82) is 0 Å². The van der Waals surface area contributed by atoms with E-state index in [0.29, 0.717) is 18.2 Å². The molecule has 134 valence electrons. The van der Waals surface area contributed by atoms with Crippen molar-refractivity contribution in [3.05, 3.63) is 59.0 Å². The number of nitrogens with one attached hydrogen (secondary N) is 1. The number of aryl methyl sites for hydroxylation is 1. The lowest BCUT2D eigenvalue weighted by atomic mass is 9.83. The first-order valence-electron chi connectivity index (χ1n) is 9.38. The highest BCUT2D eigenvalue weighted by Gasteiger charge is 2.21. The third-order valence-electron chi connectivity index (χ3n) is 5.16. The van der Waals surface area contributed by atoms with Crippen LogP contribution >= 0.6 is 0 Å². The number of nitrogens with zero attached hydrogens (tertiary/aromatic N) is 1. The molecule has 1 amide bonds. The van der Waals surface area contributed by atoms with Crippen molar-refractivity contribution < 1.29 is 9.21 Å². The monoisotopic (exact) mass is 340 g/mol. The van der Waals surface area contributed by atoms with Gasteiger partial charge in [0.25, 0.3) is 5.91 Å². The molecule has 1 atom stereocenters. The van der Waals surface area contributed by atoms with Crippen molar-refractivity contribution in [3.63, 3.8) is 0 Å². The Labute approximate surface area is 150 Å². The Morgan fingerprint density at radius 2 is 2.00 bits per heavy atom. The van der Waals surface area contributed by atoms with E-state index in [1.54, 1.807) is 6.07 Å². The van der Waals surface area contributed by atoms with Crippen LogP contribution in [0, 0.1) is 0 Å². The first kappa shape index (κ1) is 17.7. The fraction of sp³-hybridized carbons (Fsp3) is 0.476. The highest BCUT2D eigenvalue weighted by atomic mass is 16.4. The van der Waals surface area contributed by atoms with Gasteiger partial charge < -0.3 is 9.73 Å². The summed E-state index contributed by atoms with van der Waals surface area (Å²) in [5, 5.41) is 3.06. The molecule has 0 radical (unpaired) electrons. The van der Waals surface area contributed by atoms with Gasteiger partial charge in [0.05, 0.1) is 6.54 Å². The molecule has 0 unspecified atom stereocenters. The zero-order valence-electron chi connectivity index (χ0n) is 15.3. The van der Waals surface area contributed by atoms with E-state index in [2.05, 4.69) is 48.3 Å². The molecule has 0 saturated heterocycles. The van der Waals surface area contributed by atoms with E-state index in [4.69, 9.17) is 4.42 Å². The van der Waals surface area contributed by atoms with Crippen molar-refractivity contribution in [2.24, 2.45) is 0 Å². The summed E-state index contributed by atoms with van der Waals surface area (Å²) >= 11 is 0. The summed E-state index contributed by atoms with van der Waals surface area (Å²) < 4.78 is 5.74. The van der Waals surface area contributed by atoms with Gasteiger partial charge in [-0.05, 0) is 55.6 Å². The third-order valence-corrected chi connectivity index (χ3v) is 5.16. The lowest BCUT2D eigenvalue weighted by Gasteiger charge is -2.25. The summed E-state index contributed by atoms with van der Waals surface area (Å²) in [6.07, 6.45) is 3.46. The minimum Gasteiger partial charge on any atom is -0.455 e. The number of rotatable bonds is 7. The fourth-order valence-corrected chi connectivity index (χ4v) is 3.62. The lowest BCUT2D eigenvalue weighted by Crippen LogP contribution is -2.29. The van der Waals surface area contributed by atoms with Crippen molar-refractivity contribution >= 4 is 5.91 Å². The maximum Gasteiger partial charge on any atom is 0.287 e. The maximum absolute atomic E-state index is 12.4. The van der Waals surface area contributed by atoms with Gasteiger partial charge in [0.15, 0.2) is 5.76 Å². The van der Waals surface area contributed by atoms with Crippen molar-refractivity contribution in [1.82, 2.24) is 10.2 Å². The molecule has 3 rings (SSSR count). The predicted octanol–water partition coefficient (Wildman–Crippen LogP) is 3.97. The van der Waals surface area contributed by atoms with Gasteiger partial charge in [-0.25, -0.2) is 0 Å². The SMILES string of the molecule is CCN(CC)Cc1ccc(C(=O)NC[C@H]2CCCc3ccccc32)o1. The summed E-state index contributed by atoms with van der Waals surface area (Å²) in [6, 6.07) is 12.3. The molecular formula is C21H28N2O2. The summed E-state index contributed by atoms with van der Waals surface area (Å²) in [5.41, 5.74) is 2.81. The highest BCUT2D eigenvalue weighted by molar-refractivity contribution is 5.91. The number of benzene rings is 1. The van der Waals surface area contributed by atoms with E-state index in [9.17, 15) is 4.79 Å². The zero-order valence-corrected chi connectivity index (χ0v) is 15.3. The number of amides is 1. The minimum absolute atomic E-state index is 0.117. The molecule has 1 aliphatic carbocycles. The Morgan fingerprint density at radius 3 is 2.80 bits per heavy atom. The van der Waals surface area contributed by atoms with E-state index in [0.717, 1.165) is 38.2 Å². The second-order valence-corrected chi connectivity index (χ2v) is 6.73. The van der Waals surface area contributed by atoms with Gasteiger partial charge in [0.1, 0.15) is 5.76 Å². The topological polar surface area (TPSA) is 45.5 Å². The summed E-state index contributed by atoms with van der Waals surface area (Å²) in [4.78, 5) is 14.7. The van der Waals surface area contributed by atoms with Gasteiger partial charge in [-0.15, -0.1) is 0 Å². The first-order chi connectivity index (χ1) is 12.2. The molecule has 0 bridgehead atoms. The average molecular weight is 340 g/mol. The molecule has 1 heterocycles.